The van der Waals surface area contributed by atoms with Crippen LogP contribution in [-0.4, -0.2) is 30.5 Å². The highest BCUT2D eigenvalue weighted by molar-refractivity contribution is 5.37. The lowest BCUT2D eigenvalue weighted by Gasteiger charge is -2.38. The summed E-state index contributed by atoms with van der Waals surface area (Å²) in [7, 11) is 1.67. The number of aliphatic hydroxyl groups is 1. The molecule has 2 unspecified atom stereocenters. The molecule has 3 nitrogen and oxygen atoms in total. The lowest BCUT2D eigenvalue weighted by atomic mass is 9.86. The Hall–Kier alpha value is -1.06. The van der Waals surface area contributed by atoms with Gasteiger partial charge in [0.15, 0.2) is 0 Å². The second-order valence-corrected chi connectivity index (χ2v) is 5.65. The van der Waals surface area contributed by atoms with Crippen LogP contribution in [0.1, 0.15) is 37.3 Å². The number of hydrogen-bond acceptors (Lipinski definition) is 3. The Labute approximate surface area is 115 Å². The van der Waals surface area contributed by atoms with E-state index in [1.165, 1.54) is 5.56 Å². The van der Waals surface area contributed by atoms with E-state index in [0.717, 1.165) is 37.2 Å². The van der Waals surface area contributed by atoms with E-state index in [1.807, 2.05) is 26.0 Å². The minimum atomic E-state index is -0.497. The fourth-order valence-electron chi connectivity index (χ4n) is 2.71. The summed E-state index contributed by atoms with van der Waals surface area (Å²) in [6, 6.07) is 6.06. The van der Waals surface area contributed by atoms with Gasteiger partial charge in [0.25, 0.3) is 0 Å². The van der Waals surface area contributed by atoms with Gasteiger partial charge in [0.2, 0.25) is 0 Å². The SMILES string of the molecule is COc1ccc(C)cc1CC(O)C1(C)CCCCO1. The van der Waals surface area contributed by atoms with E-state index >= 15 is 0 Å². The molecule has 19 heavy (non-hydrogen) atoms. The third-order valence-electron chi connectivity index (χ3n) is 4.05. The van der Waals surface area contributed by atoms with E-state index in [9.17, 15) is 5.11 Å². The van der Waals surface area contributed by atoms with Crippen LogP contribution in [0.25, 0.3) is 0 Å². The predicted octanol–water partition coefficient (Wildman–Crippen LogP) is 2.87. The van der Waals surface area contributed by atoms with Gasteiger partial charge in [-0.1, -0.05) is 17.7 Å². The van der Waals surface area contributed by atoms with Crippen LogP contribution >= 0.6 is 0 Å². The molecule has 106 valence electrons. The molecular formula is C16H24O3. The minimum Gasteiger partial charge on any atom is -0.496 e. The lowest BCUT2D eigenvalue weighted by molar-refractivity contribution is -0.135. The van der Waals surface area contributed by atoms with Gasteiger partial charge in [0.1, 0.15) is 5.75 Å². The smallest absolute Gasteiger partial charge is 0.122 e. The highest BCUT2D eigenvalue weighted by atomic mass is 16.5. The van der Waals surface area contributed by atoms with Crippen molar-refractivity contribution >= 4 is 0 Å². The molecule has 0 amide bonds. The Morgan fingerprint density at radius 2 is 2.21 bits per heavy atom. The molecule has 1 saturated heterocycles. The molecule has 1 aromatic carbocycles. The topological polar surface area (TPSA) is 38.7 Å². The van der Waals surface area contributed by atoms with Crippen molar-refractivity contribution in [1.29, 1.82) is 0 Å². The number of aliphatic hydroxyl groups excluding tert-OH is 1. The van der Waals surface area contributed by atoms with Crippen LogP contribution < -0.4 is 4.74 Å². The Balaban J connectivity index is 2.13. The maximum atomic E-state index is 10.5. The first-order chi connectivity index (χ1) is 9.05. The van der Waals surface area contributed by atoms with Gasteiger partial charge in [-0.3, -0.25) is 0 Å². The van der Waals surface area contributed by atoms with Gasteiger partial charge in [0.05, 0.1) is 18.8 Å². The Morgan fingerprint density at radius 1 is 1.42 bits per heavy atom. The van der Waals surface area contributed by atoms with Crippen LogP contribution in [0.4, 0.5) is 0 Å². The summed E-state index contributed by atoms with van der Waals surface area (Å²) in [5.74, 6) is 0.837. The Bertz CT molecular complexity index is 422. The van der Waals surface area contributed by atoms with Crippen molar-refractivity contribution < 1.29 is 14.6 Å². The molecule has 3 heteroatoms. The van der Waals surface area contributed by atoms with Gasteiger partial charge in [-0.2, -0.15) is 0 Å². The van der Waals surface area contributed by atoms with Crippen LogP contribution in [0.2, 0.25) is 0 Å². The number of hydrogen-bond donors (Lipinski definition) is 1. The van der Waals surface area contributed by atoms with E-state index < -0.39 is 11.7 Å². The van der Waals surface area contributed by atoms with Crippen LogP contribution in [0.3, 0.4) is 0 Å². The van der Waals surface area contributed by atoms with Gasteiger partial charge in [-0.05, 0) is 44.7 Å². The van der Waals surface area contributed by atoms with Crippen molar-refractivity contribution in [3.8, 4) is 5.75 Å². The number of methoxy groups -OCH3 is 1. The Kier molecular flexibility index (Phi) is 4.48. The quantitative estimate of drug-likeness (QED) is 0.909. The molecule has 2 atom stereocenters. The summed E-state index contributed by atoms with van der Waals surface area (Å²) in [5, 5.41) is 10.5. The van der Waals surface area contributed by atoms with Crippen LogP contribution in [0.5, 0.6) is 5.75 Å². The first kappa shape index (κ1) is 14.4. The van der Waals surface area contributed by atoms with E-state index in [0.29, 0.717) is 6.42 Å². The molecule has 1 N–H and O–H groups in total. The normalized spacial score (nSPS) is 25.1. The second kappa shape index (κ2) is 5.93. The number of benzene rings is 1. The van der Waals surface area contributed by atoms with Gasteiger partial charge in [-0.25, -0.2) is 0 Å². The molecule has 0 aliphatic carbocycles. The summed E-state index contributed by atoms with van der Waals surface area (Å²) in [6.07, 6.45) is 3.21. The first-order valence-corrected chi connectivity index (χ1v) is 7.01. The fourth-order valence-corrected chi connectivity index (χ4v) is 2.71. The number of ether oxygens (including phenoxy) is 2. The molecule has 0 aromatic heterocycles. The minimum absolute atomic E-state index is 0.424. The molecule has 0 saturated carbocycles. The van der Waals surface area contributed by atoms with Crippen molar-refractivity contribution in [1.82, 2.24) is 0 Å². The summed E-state index contributed by atoms with van der Waals surface area (Å²) in [4.78, 5) is 0. The average Bonchev–Trinajstić information content (AvgIpc) is 2.40. The van der Waals surface area contributed by atoms with Gasteiger partial charge in [0, 0.05) is 13.0 Å². The van der Waals surface area contributed by atoms with Crippen molar-refractivity contribution in [3.05, 3.63) is 29.3 Å². The zero-order valence-corrected chi connectivity index (χ0v) is 12.1. The molecule has 1 fully saturated rings. The standard InChI is InChI=1S/C16H24O3/c1-12-6-7-14(18-3)13(10-12)11-15(17)16(2)8-4-5-9-19-16/h6-7,10,15,17H,4-5,8-9,11H2,1-3H3. The Morgan fingerprint density at radius 3 is 2.84 bits per heavy atom. The van der Waals surface area contributed by atoms with E-state index in [2.05, 4.69) is 6.07 Å². The molecule has 1 heterocycles. The van der Waals surface area contributed by atoms with Crippen LogP contribution in [0.15, 0.2) is 18.2 Å². The summed E-state index contributed by atoms with van der Waals surface area (Å²) in [5.41, 5.74) is 1.80. The van der Waals surface area contributed by atoms with Crippen molar-refractivity contribution in [2.24, 2.45) is 0 Å². The molecule has 0 spiro atoms. The average molecular weight is 264 g/mol. The predicted molar refractivity (Wildman–Crippen MR) is 75.6 cm³/mol. The summed E-state index contributed by atoms with van der Waals surface area (Å²) in [6.45, 7) is 4.81. The molecule has 1 aliphatic heterocycles. The molecule has 0 bridgehead atoms. The van der Waals surface area contributed by atoms with Crippen LogP contribution in [-0.2, 0) is 11.2 Å². The molecular weight excluding hydrogens is 240 g/mol. The lowest BCUT2D eigenvalue weighted by Crippen LogP contribution is -2.45. The number of aryl methyl sites for hydroxylation is 1. The van der Waals surface area contributed by atoms with Crippen LogP contribution in [0, 0.1) is 6.92 Å². The van der Waals surface area contributed by atoms with E-state index in [4.69, 9.17) is 9.47 Å². The second-order valence-electron chi connectivity index (χ2n) is 5.65. The molecule has 1 aromatic rings. The highest BCUT2D eigenvalue weighted by Crippen LogP contribution is 2.31. The first-order valence-electron chi connectivity index (χ1n) is 7.01. The van der Waals surface area contributed by atoms with Crippen molar-refractivity contribution in [2.75, 3.05) is 13.7 Å². The third kappa shape index (κ3) is 3.28. The third-order valence-corrected chi connectivity index (χ3v) is 4.05. The van der Waals surface area contributed by atoms with E-state index in [-0.39, 0.29) is 0 Å². The summed E-state index contributed by atoms with van der Waals surface area (Å²) >= 11 is 0. The maximum Gasteiger partial charge on any atom is 0.122 e. The van der Waals surface area contributed by atoms with Crippen molar-refractivity contribution in [2.45, 2.75) is 51.2 Å². The fraction of sp³-hybridized carbons (Fsp3) is 0.625. The van der Waals surface area contributed by atoms with E-state index in [1.54, 1.807) is 7.11 Å². The van der Waals surface area contributed by atoms with Gasteiger partial charge >= 0.3 is 0 Å². The zero-order valence-electron chi connectivity index (χ0n) is 12.1. The zero-order chi connectivity index (χ0) is 13.9. The highest BCUT2D eigenvalue weighted by Gasteiger charge is 2.36. The monoisotopic (exact) mass is 264 g/mol. The largest absolute Gasteiger partial charge is 0.496 e. The maximum absolute atomic E-state index is 10.5. The van der Waals surface area contributed by atoms with Crippen molar-refractivity contribution in [3.63, 3.8) is 0 Å². The summed E-state index contributed by atoms with van der Waals surface area (Å²) < 4.78 is 11.2. The van der Waals surface area contributed by atoms with Gasteiger partial charge < -0.3 is 14.6 Å². The van der Waals surface area contributed by atoms with Gasteiger partial charge in [-0.15, -0.1) is 0 Å². The number of rotatable bonds is 4. The molecule has 0 radical (unpaired) electrons. The molecule has 2 rings (SSSR count). The molecule has 1 aliphatic rings.